The summed E-state index contributed by atoms with van der Waals surface area (Å²) < 4.78 is 53.2. The maximum Gasteiger partial charge on any atom is 0.178 e. The molecule has 2 aliphatic heterocycles. The van der Waals surface area contributed by atoms with Gasteiger partial charge in [-0.3, -0.25) is 0 Å². The molecular formula is C54H34N2O4P2S2. The van der Waals surface area contributed by atoms with Gasteiger partial charge < -0.3 is 27.7 Å². The largest absolute Gasteiger partial charge is 0.456 e. The lowest BCUT2D eigenvalue weighted by Gasteiger charge is -2.29. The maximum absolute atomic E-state index is 15.5. The van der Waals surface area contributed by atoms with Gasteiger partial charge in [-0.2, -0.15) is 0 Å². The molecule has 0 radical (unpaired) electrons. The summed E-state index contributed by atoms with van der Waals surface area (Å²) in [5.74, 6) is 2.39. The van der Waals surface area contributed by atoms with Gasteiger partial charge in [0, 0.05) is 34.1 Å². The molecule has 0 amide bonds. The van der Waals surface area contributed by atoms with Crippen molar-refractivity contribution in [3.05, 3.63) is 206 Å². The second kappa shape index (κ2) is 14.3. The van der Waals surface area contributed by atoms with Crippen LogP contribution in [0, 0.1) is 0 Å². The highest BCUT2D eigenvalue weighted by atomic mass is 32.1. The van der Waals surface area contributed by atoms with Crippen LogP contribution in [0.1, 0.15) is 0 Å². The van der Waals surface area contributed by atoms with Gasteiger partial charge in [0.15, 0.2) is 14.3 Å². The summed E-state index contributed by atoms with van der Waals surface area (Å²) >= 11 is 3.49. The van der Waals surface area contributed by atoms with E-state index >= 15 is 9.13 Å². The Morgan fingerprint density at radius 2 is 0.703 bits per heavy atom. The zero-order valence-electron chi connectivity index (χ0n) is 33.9. The topological polar surface area (TPSA) is 62.5 Å². The lowest BCUT2D eigenvalue weighted by atomic mass is 10.2. The molecule has 13 rings (SSSR count). The summed E-state index contributed by atoms with van der Waals surface area (Å²) in [6.07, 6.45) is 0. The van der Waals surface area contributed by atoms with E-state index < -0.39 is 14.3 Å². The summed E-state index contributed by atoms with van der Waals surface area (Å²) in [5, 5.41) is 4.34. The van der Waals surface area contributed by atoms with Gasteiger partial charge in [0.2, 0.25) is 0 Å². The van der Waals surface area contributed by atoms with Crippen LogP contribution in [0.25, 0.3) is 52.2 Å². The first-order valence-electron chi connectivity index (χ1n) is 20.9. The van der Waals surface area contributed by atoms with Gasteiger partial charge in [0.05, 0.1) is 62.1 Å². The van der Waals surface area contributed by atoms with Crippen molar-refractivity contribution in [2.24, 2.45) is 0 Å². The maximum atomic E-state index is 15.5. The van der Waals surface area contributed by atoms with Gasteiger partial charge >= 0.3 is 0 Å². The van der Waals surface area contributed by atoms with E-state index in [0.717, 1.165) is 62.9 Å². The summed E-state index contributed by atoms with van der Waals surface area (Å²) in [4.78, 5) is 0. The predicted octanol–water partition coefficient (Wildman–Crippen LogP) is 12.6. The van der Waals surface area contributed by atoms with E-state index in [0.29, 0.717) is 44.2 Å². The fourth-order valence-corrected chi connectivity index (χ4v) is 17.3. The first-order valence-corrected chi connectivity index (χ1v) is 26.0. The normalized spacial score (nSPS) is 17.2. The summed E-state index contributed by atoms with van der Waals surface area (Å²) in [6.45, 7) is 0. The van der Waals surface area contributed by atoms with Crippen molar-refractivity contribution in [3.8, 4) is 34.4 Å². The van der Waals surface area contributed by atoms with Crippen molar-refractivity contribution in [2.45, 2.75) is 0 Å². The Hall–Kier alpha value is -6.92. The zero-order chi connectivity index (χ0) is 42.6. The van der Waals surface area contributed by atoms with Crippen molar-refractivity contribution >= 4 is 110 Å². The quantitative estimate of drug-likeness (QED) is 0.130. The molecule has 0 saturated heterocycles. The molecule has 11 aromatic rings. The van der Waals surface area contributed by atoms with Crippen LogP contribution in [0.3, 0.4) is 0 Å². The monoisotopic (exact) mass is 900 g/mol. The highest BCUT2D eigenvalue weighted by Gasteiger charge is 2.40. The molecule has 2 unspecified atom stereocenters. The van der Waals surface area contributed by atoms with Crippen LogP contribution in [0.4, 0.5) is 0 Å². The molecule has 2 aliphatic rings. The van der Waals surface area contributed by atoms with E-state index in [4.69, 9.17) is 9.47 Å². The highest BCUT2D eigenvalue weighted by Crippen LogP contribution is 2.53. The van der Waals surface area contributed by atoms with Crippen LogP contribution in [-0.4, -0.2) is 9.13 Å². The molecule has 2 atom stereocenters. The van der Waals surface area contributed by atoms with E-state index in [1.165, 1.54) is 0 Å². The number of nitrogens with zero attached hydrogens (tertiary/aromatic N) is 2. The lowest BCUT2D eigenvalue weighted by molar-refractivity contribution is 0.484. The Labute approximate surface area is 375 Å². The molecule has 2 aromatic heterocycles. The van der Waals surface area contributed by atoms with Gasteiger partial charge in [-0.25, -0.2) is 0 Å². The second-order valence-electron chi connectivity index (χ2n) is 15.9. The second-order valence-corrected chi connectivity index (χ2v) is 23.5. The Morgan fingerprint density at radius 1 is 0.328 bits per heavy atom. The molecule has 0 fully saturated rings. The molecule has 0 N–H and O–H groups in total. The van der Waals surface area contributed by atoms with Crippen molar-refractivity contribution in [1.82, 2.24) is 9.13 Å². The number of benzene rings is 9. The summed E-state index contributed by atoms with van der Waals surface area (Å²) in [7, 11) is -6.50. The fraction of sp³-hybridized carbons (Fsp3) is 0. The third-order valence-electron chi connectivity index (χ3n) is 12.3. The minimum Gasteiger partial charge on any atom is -0.456 e. The first kappa shape index (κ1) is 37.6. The molecule has 0 spiro atoms. The van der Waals surface area contributed by atoms with Crippen LogP contribution in [0.15, 0.2) is 206 Å². The van der Waals surface area contributed by atoms with E-state index in [-0.39, 0.29) is 0 Å². The SMILES string of the molecule is O=P1(c2ccccc2)c2ccccc2Oc2cc(-n3c4ccccc4sc4cc5c(cc43)sc3ccccc3n5-c3ccc4c(c3)Oc3ccccc3P4(=O)c3ccccc3)ccc21. The minimum atomic E-state index is -3.25. The third-order valence-corrected chi connectivity index (χ3v) is 20.8. The number of ether oxygens (including phenoxy) is 2. The fourth-order valence-electron chi connectivity index (χ4n) is 9.46. The van der Waals surface area contributed by atoms with Crippen LogP contribution in [0.2, 0.25) is 0 Å². The van der Waals surface area contributed by atoms with Gasteiger partial charge in [0.25, 0.3) is 0 Å². The van der Waals surface area contributed by atoms with Crippen molar-refractivity contribution in [2.75, 3.05) is 0 Å². The average Bonchev–Trinajstić information content (AvgIpc) is 3.34. The van der Waals surface area contributed by atoms with Crippen LogP contribution in [-0.2, 0) is 9.13 Å². The number of hydrogen-bond acceptors (Lipinski definition) is 6. The lowest BCUT2D eigenvalue weighted by Crippen LogP contribution is -2.30. The van der Waals surface area contributed by atoms with Crippen LogP contribution in [0.5, 0.6) is 23.0 Å². The Kier molecular flexibility index (Phi) is 8.40. The van der Waals surface area contributed by atoms with Crippen LogP contribution >= 0.6 is 37.0 Å². The number of rotatable bonds is 4. The van der Waals surface area contributed by atoms with E-state index in [9.17, 15) is 0 Å². The number of fused-ring (bicyclic) bond motifs is 8. The van der Waals surface area contributed by atoms with E-state index in [2.05, 4.69) is 81.9 Å². The standard InChI is InChI=1S/C54H34N2O4P2S2/c57-61(37-15-3-1-4-16-37)47-23-11-9-21-43(47)59-45-31-35(27-29-49(45)61)55-39-19-7-13-25-51(39)63-53-34-42-54(33-41(53)55)64-52-26-14-8-20-40(52)56(42)36-28-30-50-46(32-36)60-44-22-10-12-24-48(44)62(50,58)38-17-5-2-6-18-38/h1-34H. The minimum absolute atomic E-state index is 0.585. The number of hydrogen-bond donors (Lipinski definition) is 0. The highest BCUT2D eigenvalue weighted by molar-refractivity contribution is 7.86. The smallest absolute Gasteiger partial charge is 0.178 e. The molecule has 0 saturated carbocycles. The Bertz CT molecular complexity index is 3630. The van der Waals surface area contributed by atoms with E-state index in [1.807, 2.05) is 133 Å². The van der Waals surface area contributed by atoms with E-state index in [1.54, 1.807) is 22.7 Å². The Morgan fingerprint density at radius 3 is 1.16 bits per heavy atom. The molecule has 6 nitrogen and oxygen atoms in total. The predicted molar refractivity (Wildman–Crippen MR) is 267 cm³/mol. The van der Waals surface area contributed by atoms with Crippen molar-refractivity contribution in [3.63, 3.8) is 0 Å². The molecule has 64 heavy (non-hydrogen) atoms. The summed E-state index contributed by atoms with van der Waals surface area (Å²) in [6, 6.07) is 68.7. The Balaban J connectivity index is 1.03. The van der Waals surface area contributed by atoms with Gasteiger partial charge in [-0.05, 0) is 84.9 Å². The average molecular weight is 901 g/mol. The third kappa shape index (κ3) is 5.50. The molecule has 9 aromatic carbocycles. The van der Waals surface area contributed by atoms with Gasteiger partial charge in [0.1, 0.15) is 23.0 Å². The molecule has 4 heterocycles. The molecule has 0 aliphatic carbocycles. The summed E-state index contributed by atoms with van der Waals surface area (Å²) in [5.41, 5.74) is 5.97. The van der Waals surface area contributed by atoms with Crippen LogP contribution < -0.4 is 41.3 Å². The van der Waals surface area contributed by atoms with Crippen molar-refractivity contribution < 1.29 is 18.6 Å². The molecule has 10 heteroatoms. The zero-order valence-corrected chi connectivity index (χ0v) is 37.3. The first-order chi connectivity index (χ1) is 31.5. The molecular weight excluding hydrogens is 867 g/mol. The number of para-hydroxylation sites is 4. The van der Waals surface area contributed by atoms with Gasteiger partial charge in [-0.15, -0.1) is 22.7 Å². The molecule has 0 bridgehead atoms. The molecule has 306 valence electrons. The van der Waals surface area contributed by atoms with Crippen molar-refractivity contribution in [1.29, 1.82) is 0 Å². The number of aromatic nitrogens is 2. The van der Waals surface area contributed by atoms with Gasteiger partial charge in [-0.1, -0.05) is 109 Å².